The Hall–Kier alpha value is -3.11. The number of nitrogens with one attached hydrogen (secondary N) is 3. The summed E-state index contributed by atoms with van der Waals surface area (Å²) in [4.78, 5) is 85.0. The van der Waals surface area contributed by atoms with Crippen LogP contribution in [-0.2, 0) is 33.6 Å². The average Bonchev–Trinajstić information content (AvgIpc) is 3.13. The molecule has 1 saturated heterocycles. The molecule has 0 bridgehead atoms. The molecule has 0 aromatic rings. The lowest BCUT2D eigenvalue weighted by Crippen LogP contribution is -2.33. The molecule has 3 N–H and O–H groups in total. The number of likely N-dealkylation sites (tertiary alicyclic amines) is 1. The van der Waals surface area contributed by atoms with E-state index in [-0.39, 0.29) is 112 Å². The van der Waals surface area contributed by atoms with E-state index in [0.29, 0.717) is 18.9 Å². The van der Waals surface area contributed by atoms with Crippen LogP contribution < -0.4 is 16.0 Å². The Morgan fingerprint density at radius 1 is 0.763 bits per heavy atom. The monoisotopic (exact) mass is 536 g/mol. The van der Waals surface area contributed by atoms with Crippen LogP contribution in [0.1, 0.15) is 85.5 Å². The van der Waals surface area contributed by atoms with Gasteiger partial charge in [0.2, 0.25) is 29.5 Å². The molecule has 1 aliphatic rings. The maximum Gasteiger partial charge on any atom is 0.233 e. The van der Waals surface area contributed by atoms with Gasteiger partial charge in [0.15, 0.2) is 5.78 Å². The van der Waals surface area contributed by atoms with Gasteiger partial charge in [0.25, 0.3) is 0 Å². The number of hydrogen-bond acceptors (Lipinski definition) is 7. The number of imide groups is 1. The predicted molar refractivity (Wildman–Crippen MR) is 140 cm³/mol. The molecule has 11 heteroatoms. The Morgan fingerprint density at radius 2 is 1.34 bits per heavy atom. The Labute approximate surface area is 225 Å². The summed E-state index contributed by atoms with van der Waals surface area (Å²) < 4.78 is 0. The first kappa shape index (κ1) is 32.9. The number of hydrogen-bond donors (Lipinski definition) is 3. The summed E-state index contributed by atoms with van der Waals surface area (Å²) in [5.74, 6) is -1.49. The molecule has 1 aliphatic heterocycles. The predicted octanol–water partition coefficient (Wildman–Crippen LogP) is 1.28. The van der Waals surface area contributed by atoms with Crippen molar-refractivity contribution >= 4 is 41.1 Å². The number of carbonyl (C=O) groups is 7. The third-order valence-corrected chi connectivity index (χ3v) is 6.38. The quantitative estimate of drug-likeness (QED) is 0.210. The average molecular weight is 537 g/mol. The minimum absolute atomic E-state index is 0.00396. The summed E-state index contributed by atoms with van der Waals surface area (Å²) >= 11 is 0. The summed E-state index contributed by atoms with van der Waals surface area (Å²) in [7, 11) is 0. The van der Waals surface area contributed by atoms with E-state index in [2.05, 4.69) is 29.8 Å². The molecule has 214 valence electrons. The molecular formula is C27H44N4O7. The van der Waals surface area contributed by atoms with Crippen LogP contribution in [0.3, 0.4) is 0 Å². The molecule has 1 atom stereocenters. The van der Waals surface area contributed by atoms with Crippen molar-refractivity contribution in [3.63, 3.8) is 0 Å². The number of Topliss-reactive ketones (excluding diaryl/α,β-unsaturated/α-hetero) is 2. The maximum absolute atomic E-state index is 12.3. The SMILES string of the molecule is CC(C)CCNC(=O)CCNC(=O)CCC(=O)CNC(=O)CCC(=O)CCCN1C(=O)CC(C(C)C)C1=O. The van der Waals surface area contributed by atoms with Gasteiger partial charge in [0, 0.05) is 70.5 Å². The molecule has 11 nitrogen and oxygen atoms in total. The molecule has 38 heavy (non-hydrogen) atoms. The molecule has 5 amide bonds. The van der Waals surface area contributed by atoms with E-state index in [0.717, 1.165) is 6.42 Å². The van der Waals surface area contributed by atoms with Gasteiger partial charge < -0.3 is 16.0 Å². The molecule has 0 aromatic heterocycles. The van der Waals surface area contributed by atoms with Crippen molar-refractivity contribution in [3.05, 3.63) is 0 Å². The van der Waals surface area contributed by atoms with E-state index < -0.39 is 5.91 Å². The smallest absolute Gasteiger partial charge is 0.233 e. The summed E-state index contributed by atoms with van der Waals surface area (Å²) in [5, 5.41) is 7.83. The van der Waals surface area contributed by atoms with Crippen molar-refractivity contribution in [1.82, 2.24) is 20.9 Å². The van der Waals surface area contributed by atoms with E-state index in [4.69, 9.17) is 0 Å². The Morgan fingerprint density at radius 3 is 1.95 bits per heavy atom. The van der Waals surface area contributed by atoms with Crippen LogP contribution in [0.5, 0.6) is 0 Å². The second-order valence-electron chi connectivity index (χ2n) is 10.5. The second-order valence-corrected chi connectivity index (χ2v) is 10.5. The largest absolute Gasteiger partial charge is 0.356 e. The fraction of sp³-hybridized carbons (Fsp3) is 0.741. The molecule has 0 spiro atoms. The summed E-state index contributed by atoms with van der Waals surface area (Å²) in [5.41, 5.74) is 0. The van der Waals surface area contributed by atoms with Crippen LogP contribution in [0.25, 0.3) is 0 Å². The van der Waals surface area contributed by atoms with E-state index in [1.807, 2.05) is 13.8 Å². The highest BCUT2D eigenvalue weighted by atomic mass is 16.2. The number of carbonyl (C=O) groups excluding carboxylic acids is 7. The van der Waals surface area contributed by atoms with Gasteiger partial charge in [0.05, 0.1) is 6.54 Å². The summed E-state index contributed by atoms with van der Waals surface area (Å²) in [6, 6.07) is 0. The molecule has 0 saturated carbocycles. The zero-order valence-corrected chi connectivity index (χ0v) is 23.2. The van der Waals surface area contributed by atoms with Crippen molar-refractivity contribution < 1.29 is 33.6 Å². The first-order chi connectivity index (χ1) is 17.9. The van der Waals surface area contributed by atoms with Gasteiger partial charge >= 0.3 is 0 Å². The highest BCUT2D eigenvalue weighted by Gasteiger charge is 2.39. The highest BCUT2D eigenvalue weighted by Crippen LogP contribution is 2.26. The topological polar surface area (TPSA) is 159 Å². The minimum atomic E-state index is -0.440. The van der Waals surface area contributed by atoms with Crippen LogP contribution in [0.4, 0.5) is 0 Å². The van der Waals surface area contributed by atoms with Gasteiger partial charge in [-0.1, -0.05) is 27.7 Å². The van der Waals surface area contributed by atoms with Gasteiger partial charge in [-0.15, -0.1) is 0 Å². The minimum Gasteiger partial charge on any atom is -0.356 e. The second kappa shape index (κ2) is 17.4. The molecule has 1 heterocycles. The van der Waals surface area contributed by atoms with Crippen LogP contribution in [0, 0.1) is 17.8 Å². The first-order valence-electron chi connectivity index (χ1n) is 13.6. The first-order valence-corrected chi connectivity index (χ1v) is 13.6. The van der Waals surface area contributed by atoms with E-state index in [1.165, 1.54) is 4.90 Å². The number of rotatable bonds is 19. The van der Waals surface area contributed by atoms with Gasteiger partial charge in [-0.3, -0.25) is 38.5 Å². The lowest BCUT2D eigenvalue weighted by Gasteiger charge is -2.16. The van der Waals surface area contributed by atoms with Crippen molar-refractivity contribution in [2.45, 2.75) is 85.5 Å². The molecule has 1 unspecified atom stereocenters. The summed E-state index contributed by atoms with van der Waals surface area (Å²) in [6.07, 6.45) is 1.63. The Kier molecular flexibility index (Phi) is 15.1. The molecule has 0 aromatic carbocycles. The third kappa shape index (κ3) is 13.4. The number of amides is 5. The van der Waals surface area contributed by atoms with Crippen molar-refractivity contribution in [2.24, 2.45) is 17.8 Å². The Bertz CT molecular complexity index is 869. The lowest BCUT2D eigenvalue weighted by molar-refractivity contribution is -0.140. The fourth-order valence-corrected chi connectivity index (χ4v) is 3.90. The molecule has 0 radical (unpaired) electrons. The van der Waals surface area contributed by atoms with Crippen molar-refractivity contribution in [3.8, 4) is 0 Å². The van der Waals surface area contributed by atoms with Crippen LogP contribution in [0.15, 0.2) is 0 Å². The third-order valence-electron chi connectivity index (χ3n) is 6.38. The van der Waals surface area contributed by atoms with E-state index >= 15 is 0 Å². The normalized spacial score (nSPS) is 15.2. The van der Waals surface area contributed by atoms with Crippen molar-refractivity contribution in [2.75, 3.05) is 26.2 Å². The maximum atomic E-state index is 12.3. The molecule has 1 rings (SSSR count). The van der Waals surface area contributed by atoms with Crippen LogP contribution >= 0.6 is 0 Å². The molecule has 1 fully saturated rings. The standard InChI is InChI=1S/C27H44N4O7/c1-18(2)11-13-28-25(36)12-14-29-23(34)10-8-21(33)17-30-24(35)9-7-20(32)6-5-15-31-26(37)16-22(19(3)4)27(31)38/h18-19,22H,5-17H2,1-4H3,(H,28,36)(H,29,34)(H,30,35). The van der Waals surface area contributed by atoms with Crippen molar-refractivity contribution in [1.29, 1.82) is 0 Å². The van der Waals surface area contributed by atoms with Gasteiger partial charge in [-0.25, -0.2) is 0 Å². The van der Waals surface area contributed by atoms with Gasteiger partial charge in [0.1, 0.15) is 5.78 Å². The highest BCUT2D eigenvalue weighted by molar-refractivity contribution is 6.03. The van der Waals surface area contributed by atoms with E-state index in [9.17, 15) is 33.6 Å². The zero-order chi connectivity index (χ0) is 28.7. The van der Waals surface area contributed by atoms with Crippen LogP contribution in [-0.4, -0.2) is 72.2 Å². The summed E-state index contributed by atoms with van der Waals surface area (Å²) in [6.45, 7) is 8.70. The van der Waals surface area contributed by atoms with E-state index in [1.54, 1.807) is 0 Å². The number of nitrogens with zero attached hydrogens (tertiary/aromatic N) is 1. The Balaban J connectivity index is 2.11. The lowest BCUT2D eigenvalue weighted by atomic mass is 9.94. The number of ketones is 2. The zero-order valence-electron chi connectivity index (χ0n) is 23.2. The fourth-order valence-electron chi connectivity index (χ4n) is 3.90. The molecule has 0 aliphatic carbocycles. The van der Waals surface area contributed by atoms with Crippen LogP contribution in [0.2, 0.25) is 0 Å². The van der Waals surface area contributed by atoms with Gasteiger partial charge in [-0.2, -0.15) is 0 Å². The molecular weight excluding hydrogens is 492 g/mol. The van der Waals surface area contributed by atoms with Gasteiger partial charge in [-0.05, 0) is 24.7 Å².